The van der Waals surface area contributed by atoms with Crippen LogP contribution in [-0.4, -0.2) is 9.38 Å². The van der Waals surface area contributed by atoms with Gasteiger partial charge in [0, 0.05) is 18.8 Å². The van der Waals surface area contributed by atoms with Gasteiger partial charge in [-0.15, -0.1) is 0 Å². The van der Waals surface area contributed by atoms with Gasteiger partial charge in [-0.25, -0.2) is 4.98 Å². The Labute approximate surface area is 162 Å². The highest BCUT2D eigenvalue weighted by Crippen LogP contribution is 2.05. The van der Waals surface area contributed by atoms with E-state index < -0.39 is 0 Å². The van der Waals surface area contributed by atoms with Crippen LogP contribution in [0.2, 0.25) is 0 Å². The van der Waals surface area contributed by atoms with E-state index in [2.05, 4.69) is 10.3 Å². The molecule has 0 unspecified atom stereocenters. The van der Waals surface area contributed by atoms with Crippen molar-refractivity contribution >= 4 is 11.3 Å². The standard InChI is InChI=1S/C23H20N4O/c28-22-15-20(24-16-18-9-3-1-4-10-18)23(25-17-19-11-5-2-6-12-19)26-21-13-7-8-14-27(21)22/h1-15,24H,16-17H2. The van der Waals surface area contributed by atoms with Gasteiger partial charge in [0.15, 0.2) is 5.49 Å². The van der Waals surface area contributed by atoms with Gasteiger partial charge in [0.25, 0.3) is 5.56 Å². The first-order chi connectivity index (χ1) is 13.8. The quantitative estimate of drug-likeness (QED) is 0.587. The Balaban J connectivity index is 1.79. The largest absolute Gasteiger partial charge is 0.378 e. The molecule has 0 aliphatic carbocycles. The molecule has 0 amide bonds. The van der Waals surface area contributed by atoms with Crippen LogP contribution in [0.4, 0.5) is 5.69 Å². The minimum Gasteiger partial charge on any atom is -0.378 e. The van der Waals surface area contributed by atoms with E-state index in [9.17, 15) is 4.79 Å². The molecular formula is C23H20N4O. The smallest absolute Gasteiger partial charge is 0.258 e. The van der Waals surface area contributed by atoms with E-state index >= 15 is 0 Å². The van der Waals surface area contributed by atoms with E-state index in [1.54, 1.807) is 12.3 Å². The average Bonchev–Trinajstić information content (AvgIpc) is 2.88. The van der Waals surface area contributed by atoms with E-state index in [4.69, 9.17) is 4.99 Å². The molecular weight excluding hydrogens is 348 g/mol. The first kappa shape index (κ1) is 17.7. The van der Waals surface area contributed by atoms with Gasteiger partial charge in [-0.05, 0) is 23.3 Å². The Bertz CT molecular complexity index is 1200. The normalized spacial score (nSPS) is 11.5. The van der Waals surface area contributed by atoms with E-state index in [1.165, 1.54) is 4.40 Å². The molecule has 0 radical (unpaired) electrons. The Kier molecular flexibility index (Phi) is 5.24. The maximum absolute atomic E-state index is 12.7. The number of hydrogen-bond acceptors (Lipinski definition) is 4. The van der Waals surface area contributed by atoms with E-state index in [0.29, 0.717) is 29.9 Å². The Hall–Kier alpha value is -3.73. The molecule has 0 saturated heterocycles. The Morgan fingerprint density at radius 1 is 0.857 bits per heavy atom. The van der Waals surface area contributed by atoms with Crippen LogP contribution < -0.4 is 16.4 Å². The number of nitrogens with one attached hydrogen (secondary N) is 1. The van der Waals surface area contributed by atoms with Gasteiger partial charge in [0.05, 0.1) is 12.2 Å². The Morgan fingerprint density at radius 2 is 1.54 bits per heavy atom. The number of aromatic nitrogens is 2. The first-order valence-corrected chi connectivity index (χ1v) is 9.14. The summed E-state index contributed by atoms with van der Waals surface area (Å²) < 4.78 is 1.52. The third-order valence-electron chi connectivity index (χ3n) is 4.38. The second kappa shape index (κ2) is 8.31. The van der Waals surface area contributed by atoms with Crippen LogP contribution in [0.25, 0.3) is 5.65 Å². The Morgan fingerprint density at radius 3 is 2.29 bits per heavy atom. The van der Waals surface area contributed by atoms with Crippen LogP contribution in [0.3, 0.4) is 0 Å². The fourth-order valence-electron chi connectivity index (χ4n) is 2.93. The minimum absolute atomic E-state index is 0.153. The molecule has 0 aliphatic heterocycles. The summed E-state index contributed by atoms with van der Waals surface area (Å²) in [5, 5.41) is 3.33. The van der Waals surface area contributed by atoms with Gasteiger partial charge in [-0.1, -0.05) is 66.7 Å². The molecule has 4 aromatic rings. The zero-order chi connectivity index (χ0) is 19.2. The number of fused-ring (bicyclic) bond motifs is 1. The average molecular weight is 368 g/mol. The maximum Gasteiger partial charge on any atom is 0.258 e. The van der Waals surface area contributed by atoms with Crippen molar-refractivity contribution < 1.29 is 0 Å². The van der Waals surface area contributed by atoms with Crippen molar-refractivity contribution in [1.29, 1.82) is 0 Å². The summed E-state index contributed by atoms with van der Waals surface area (Å²) in [6, 6.07) is 27.1. The summed E-state index contributed by atoms with van der Waals surface area (Å²) in [6.07, 6.45) is 1.71. The molecule has 1 N–H and O–H groups in total. The number of rotatable bonds is 5. The summed E-state index contributed by atoms with van der Waals surface area (Å²) in [5.74, 6) is 0. The van der Waals surface area contributed by atoms with Crippen molar-refractivity contribution in [1.82, 2.24) is 9.38 Å². The second-order valence-corrected chi connectivity index (χ2v) is 6.40. The van der Waals surface area contributed by atoms with Gasteiger partial charge < -0.3 is 5.32 Å². The van der Waals surface area contributed by atoms with Crippen molar-refractivity contribution in [2.45, 2.75) is 13.1 Å². The predicted octanol–water partition coefficient (Wildman–Crippen LogP) is 3.41. The molecule has 2 aromatic carbocycles. The summed E-state index contributed by atoms with van der Waals surface area (Å²) >= 11 is 0. The van der Waals surface area contributed by atoms with Crippen LogP contribution in [0.5, 0.6) is 0 Å². The third kappa shape index (κ3) is 4.15. The fourth-order valence-corrected chi connectivity index (χ4v) is 2.93. The monoisotopic (exact) mass is 368 g/mol. The van der Waals surface area contributed by atoms with Crippen molar-refractivity contribution in [2.75, 3.05) is 5.32 Å². The van der Waals surface area contributed by atoms with Crippen molar-refractivity contribution in [3.63, 3.8) is 0 Å². The molecule has 0 atom stereocenters. The first-order valence-electron chi connectivity index (χ1n) is 9.14. The molecule has 0 aliphatic rings. The lowest BCUT2D eigenvalue weighted by molar-refractivity contribution is 0.965. The number of pyridine rings is 1. The topological polar surface area (TPSA) is 58.8 Å². The lowest BCUT2D eigenvalue weighted by Crippen LogP contribution is -2.14. The molecule has 5 nitrogen and oxygen atoms in total. The molecule has 0 bridgehead atoms. The van der Waals surface area contributed by atoms with Crippen LogP contribution in [-0.2, 0) is 13.1 Å². The highest BCUT2D eigenvalue weighted by molar-refractivity contribution is 5.45. The number of hydrogen-bond donors (Lipinski definition) is 1. The summed E-state index contributed by atoms with van der Waals surface area (Å²) in [7, 11) is 0. The van der Waals surface area contributed by atoms with E-state index in [1.807, 2.05) is 78.9 Å². The van der Waals surface area contributed by atoms with Crippen LogP contribution >= 0.6 is 0 Å². The third-order valence-corrected chi connectivity index (χ3v) is 4.38. The SMILES string of the molecule is O=c1cc(NCc2ccccc2)c(=NCc2ccccc2)nc2ccccn12. The maximum atomic E-state index is 12.7. The van der Waals surface area contributed by atoms with Gasteiger partial charge >= 0.3 is 0 Å². The zero-order valence-electron chi connectivity index (χ0n) is 15.3. The summed E-state index contributed by atoms with van der Waals surface area (Å²) in [4.78, 5) is 22.0. The van der Waals surface area contributed by atoms with E-state index in [0.717, 1.165) is 11.1 Å². The summed E-state index contributed by atoms with van der Waals surface area (Å²) in [5.41, 5.74) is 3.75. The molecule has 28 heavy (non-hydrogen) atoms. The van der Waals surface area contributed by atoms with Crippen molar-refractivity contribution in [3.05, 3.63) is 118 Å². The fraction of sp³-hybridized carbons (Fsp3) is 0.0870. The lowest BCUT2D eigenvalue weighted by atomic mass is 10.2. The molecule has 0 fully saturated rings. The highest BCUT2D eigenvalue weighted by atomic mass is 16.1. The van der Waals surface area contributed by atoms with Crippen molar-refractivity contribution in [3.8, 4) is 0 Å². The highest BCUT2D eigenvalue weighted by Gasteiger charge is 2.03. The van der Waals surface area contributed by atoms with Crippen molar-refractivity contribution in [2.24, 2.45) is 4.99 Å². The van der Waals surface area contributed by atoms with Gasteiger partial charge in [0.2, 0.25) is 0 Å². The number of anilines is 1. The van der Waals surface area contributed by atoms with Crippen LogP contribution in [0.1, 0.15) is 11.1 Å². The number of nitrogens with zero attached hydrogens (tertiary/aromatic N) is 3. The summed E-state index contributed by atoms with van der Waals surface area (Å²) in [6.45, 7) is 1.08. The van der Waals surface area contributed by atoms with E-state index in [-0.39, 0.29) is 5.56 Å². The molecule has 5 heteroatoms. The zero-order valence-corrected chi connectivity index (χ0v) is 15.3. The number of benzene rings is 2. The molecule has 0 spiro atoms. The van der Waals surface area contributed by atoms with Gasteiger partial charge in [-0.3, -0.25) is 14.2 Å². The lowest BCUT2D eigenvalue weighted by Gasteiger charge is -2.04. The van der Waals surface area contributed by atoms with Gasteiger partial charge in [0.1, 0.15) is 5.65 Å². The van der Waals surface area contributed by atoms with Crippen LogP contribution in [0, 0.1) is 0 Å². The predicted molar refractivity (Wildman–Crippen MR) is 111 cm³/mol. The van der Waals surface area contributed by atoms with Crippen LogP contribution in [0.15, 0.2) is 101 Å². The molecule has 2 aromatic heterocycles. The molecule has 2 heterocycles. The molecule has 4 rings (SSSR count). The molecule has 138 valence electrons. The van der Waals surface area contributed by atoms with Gasteiger partial charge in [-0.2, -0.15) is 0 Å². The second-order valence-electron chi connectivity index (χ2n) is 6.40. The minimum atomic E-state index is -0.153. The molecule has 0 saturated carbocycles.